The minimum Gasteiger partial charge on any atom is -0.468 e. The Hall–Kier alpha value is -0.580. The molecule has 0 heterocycles. The summed E-state index contributed by atoms with van der Waals surface area (Å²) in [5, 5.41) is 0. The van der Waals surface area contributed by atoms with Crippen molar-refractivity contribution < 1.29 is 19.1 Å². The Bertz CT molecular complexity index is 255. The molecule has 0 spiro atoms. The van der Waals surface area contributed by atoms with E-state index in [-0.39, 0.29) is 0 Å². The van der Waals surface area contributed by atoms with Crippen molar-refractivity contribution >= 4 is 27.9 Å². The standard InChI is InChI=1S/C12H21BrO4/c1-4-6-8-12(13,10(14)16-3)11(15)17-9-7-5-2/h4-9H2,1-3H3. The predicted octanol–water partition coefficient (Wildman–Crippen LogP) is 2.83. The molecule has 0 aliphatic heterocycles. The van der Waals surface area contributed by atoms with Gasteiger partial charge in [0.15, 0.2) is 0 Å². The van der Waals surface area contributed by atoms with Crippen LogP contribution in [0.3, 0.4) is 0 Å². The van der Waals surface area contributed by atoms with Crippen LogP contribution in [-0.4, -0.2) is 30.0 Å². The number of esters is 2. The van der Waals surface area contributed by atoms with Crippen LogP contribution in [0.15, 0.2) is 0 Å². The summed E-state index contributed by atoms with van der Waals surface area (Å²) in [4.78, 5) is 23.5. The molecule has 0 N–H and O–H groups in total. The molecule has 0 aliphatic carbocycles. The molecule has 0 radical (unpaired) electrons. The average Bonchev–Trinajstić information content (AvgIpc) is 2.34. The number of methoxy groups -OCH3 is 1. The van der Waals surface area contributed by atoms with E-state index in [1.165, 1.54) is 7.11 Å². The zero-order valence-corrected chi connectivity index (χ0v) is 12.3. The molecule has 1 atom stereocenters. The monoisotopic (exact) mass is 308 g/mol. The molecular formula is C12H21BrO4. The van der Waals surface area contributed by atoms with E-state index in [2.05, 4.69) is 20.7 Å². The van der Waals surface area contributed by atoms with Gasteiger partial charge in [0, 0.05) is 0 Å². The highest BCUT2D eigenvalue weighted by Crippen LogP contribution is 2.28. The van der Waals surface area contributed by atoms with Crippen LogP contribution in [0.2, 0.25) is 0 Å². The van der Waals surface area contributed by atoms with Crippen LogP contribution < -0.4 is 0 Å². The molecule has 5 heteroatoms. The molecule has 100 valence electrons. The highest BCUT2D eigenvalue weighted by molar-refractivity contribution is 9.10. The average molecular weight is 309 g/mol. The van der Waals surface area contributed by atoms with Crippen LogP contribution in [0.5, 0.6) is 0 Å². The van der Waals surface area contributed by atoms with Gasteiger partial charge >= 0.3 is 11.9 Å². The van der Waals surface area contributed by atoms with Gasteiger partial charge in [0.1, 0.15) is 0 Å². The van der Waals surface area contributed by atoms with Crippen molar-refractivity contribution in [3.8, 4) is 0 Å². The molecule has 0 aromatic heterocycles. The Labute approximate surface area is 111 Å². The summed E-state index contributed by atoms with van der Waals surface area (Å²) in [5.41, 5.74) is 0. The van der Waals surface area contributed by atoms with Gasteiger partial charge in [0.05, 0.1) is 13.7 Å². The first-order valence-corrected chi connectivity index (χ1v) is 6.76. The van der Waals surface area contributed by atoms with Crippen LogP contribution in [0, 0.1) is 0 Å². The number of ether oxygens (including phenoxy) is 2. The van der Waals surface area contributed by atoms with Crippen molar-refractivity contribution in [2.24, 2.45) is 0 Å². The molecule has 0 saturated carbocycles. The second-order valence-electron chi connectivity index (χ2n) is 3.89. The molecule has 0 aliphatic rings. The molecule has 0 amide bonds. The fourth-order valence-corrected chi connectivity index (χ4v) is 1.85. The number of carbonyl (C=O) groups excluding carboxylic acids is 2. The molecule has 0 rings (SSSR count). The van der Waals surface area contributed by atoms with Gasteiger partial charge in [-0.2, -0.15) is 0 Å². The quantitative estimate of drug-likeness (QED) is 0.299. The normalized spacial score (nSPS) is 13.9. The Morgan fingerprint density at radius 2 is 1.71 bits per heavy atom. The van der Waals surface area contributed by atoms with E-state index >= 15 is 0 Å². The number of carbonyl (C=O) groups is 2. The van der Waals surface area contributed by atoms with Gasteiger partial charge in [-0.15, -0.1) is 0 Å². The topological polar surface area (TPSA) is 52.6 Å². The predicted molar refractivity (Wildman–Crippen MR) is 69.1 cm³/mol. The highest BCUT2D eigenvalue weighted by Gasteiger charge is 2.45. The van der Waals surface area contributed by atoms with Crippen LogP contribution >= 0.6 is 15.9 Å². The number of rotatable bonds is 8. The maximum absolute atomic E-state index is 11.9. The lowest BCUT2D eigenvalue weighted by atomic mass is 10.0. The van der Waals surface area contributed by atoms with E-state index in [1.54, 1.807) is 0 Å². The van der Waals surface area contributed by atoms with Gasteiger partial charge in [-0.25, -0.2) is 9.59 Å². The van der Waals surface area contributed by atoms with Gasteiger partial charge in [-0.1, -0.05) is 49.0 Å². The van der Waals surface area contributed by atoms with Crippen LogP contribution in [-0.2, 0) is 19.1 Å². The molecule has 17 heavy (non-hydrogen) atoms. The van der Waals surface area contributed by atoms with Crippen molar-refractivity contribution in [3.05, 3.63) is 0 Å². The van der Waals surface area contributed by atoms with E-state index in [9.17, 15) is 9.59 Å². The molecule has 0 saturated heterocycles. The Morgan fingerprint density at radius 1 is 1.12 bits per heavy atom. The van der Waals surface area contributed by atoms with Gasteiger partial charge in [0.25, 0.3) is 0 Å². The summed E-state index contributed by atoms with van der Waals surface area (Å²) < 4.78 is 8.39. The maximum Gasteiger partial charge on any atom is 0.334 e. The van der Waals surface area contributed by atoms with E-state index < -0.39 is 16.3 Å². The van der Waals surface area contributed by atoms with Crippen molar-refractivity contribution in [2.45, 2.75) is 50.3 Å². The summed E-state index contributed by atoms with van der Waals surface area (Å²) in [7, 11) is 1.27. The van der Waals surface area contributed by atoms with Crippen LogP contribution in [0.4, 0.5) is 0 Å². The number of unbranched alkanes of at least 4 members (excludes halogenated alkanes) is 2. The number of hydrogen-bond acceptors (Lipinski definition) is 4. The summed E-state index contributed by atoms with van der Waals surface area (Å²) in [6.07, 6.45) is 3.77. The Morgan fingerprint density at radius 3 is 2.18 bits per heavy atom. The second kappa shape index (κ2) is 8.50. The first-order valence-electron chi connectivity index (χ1n) is 5.97. The fourth-order valence-electron chi connectivity index (χ4n) is 1.29. The maximum atomic E-state index is 11.9. The van der Waals surface area contributed by atoms with Crippen molar-refractivity contribution in [1.29, 1.82) is 0 Å². The van der Waals surface area contributed by atoms with E-state index in [4.69, 9.17) is 4.74 Å². The van der Waals surface area contributed by atoms with E-state index in [0.717, 1.165) is 25.7 Å². The largest absolute Gasteiger partial charge is 0.468 e. The number of hydrogen-bond donors (Lipinski definition) is 0. The van der Waals surface area contributed by atoms with Crippen molar-refractivity contribution in [3.63, 3.8) is 0 Å². The first kappa shape index (κ1) is 16.4. The number of halogens is 1. The third-order valence-corrected chi connectivity index (χ3v) is 3.48. The molecule has 0 fully saturated rings. The Balaban J connectivity index is 4.55. The SMILES string of the molecule is CCCCOC(=O)C(Br)(CCCC)C(=O)OC. The Kier molecular flexibility index (Phi) is 8.21. The zero-order valence-electron chi connectivity index (χ0n) is 10.8. The molecule has 0 bridgehead atoms. The molecule has 1 unspecified atom stereocenters. The number of alkyl halides is 1. The van der Waals surface area contributed by atoms with Crippen molar-refractivity contribution in [1.82, 2.24) is 0 Å². The second-order valence-corrected chi connectivity index (χ2v) is 5.24. The van der Waals surface area contributed by atoms with Gasteiger partial charge in [-0.3, -0.25) is 0 Å². The first-order chi connectivity index (χ1) is 8.02. The van der Waals surface area contributed by atoms with Crippen LogP contribution in [0.1, 0.15) is 46.0 Å². The van der Waals surface area contributed by atoms with E-state index in [0.29, 0.717) is 13.0 Å². The third kappa shape index (κ3) is 5.06. The summed E-state index contributed by atoms with van der Waals surface area (Å²) >= 11 is 3.18. The summed E-state index contributed by atoms with van der Waals surface area (Å²) in [6, 6.07) is 0. The smallest absolute Gasteiger partial charge is 0.334 e. The third-order valence-electron chi connectivity index (χ3n) is 2.44. The minimum absolute atomic E-state index is 0.339. The lowest BCUT2D eigenvalue weighted by molar-refractivity contribution is -0.157. The van der Waals surface area contributed by atoms with Gasteiger partial charge in [0.2, 0.25) is 4.32 Å². The minimum atomic E-state index is -1.34. The van der Waals surface area contributed by atoms with Crippen LogP contribution in [0.25, 0.3) is 0 Å². The molecule has 0 aromatic carbocycles. The fraction of sp³-hybridized carbons (Fsp3) is 0.833. The summed E-state index contributed by atoms with van der Waals surface area (Å²) in [5.74, 6) is -1.14. The van der Waals surface area contributed by atoms with E-state index in [1.807, 2.05) is 13.8 Å². The lowest BCUT2D eigenvalue weighted by Gasteiger charge is -2.22. The van der Waals surface area contributed by atoms with Crippen molar-refractivity contribution in [2.75, 3.05) is 13.7 Å². The summed E-state index contributed by atoms with van der Waals surface area (Å²) in [6.45, 7) is 4.34. The molecular weight excluding hydrogens is 288 g/mol. The van der Waals surface area contributed by atoms with Gasteiger partial charge < -0.3 is 9.47 Å². The molecule has 4 nitrogen and oxygen atoms in total. The zero-order chi connectivity index (χ0) is 13.3. The lowest BCUT2D eigenvalue weighted by Crippen LogP contribution is -2.43. The highest BCUT2D eigenvalue weighted by atomic mass is 79.9. The molecule has 0 aromatic rings. The van der Waals surface area contributed by atoms with Gasteiger partial charge in [-0.05, 0) is 12.8 Å².